The van der Waals surface area contributed by atoms with E-state index >= 15 is 0 Å². The summed E-state index contributed by atoms with van der Waals surface area (Å²) in [4.78, 5) is 4.10. The van der Waals surface area contributed by atoms with E-state index in [4.69, 9.17) is 21.0 Å². The number of anilines is 2. The first-order valence-electron chi connectivity index (χ1n) is 18.0. The van der Waals surface area contributed by atoms with Gasteiger partial charge in [-0.05, 0) is 131 Å². The van der Waals surface area contributed by atoms with Gasteiger partial charge in [-0.2, -0.15) is 31.6 Å². The number of benzene rings is 5. The molecule has 0 radical (unpaired) electrons. The predicted octanol–water partition coefficient (Wildman–Crippen LogP) is 6.18. The van der Waals surface area contributed by atoms with Gasteiger partial charge in [-0.1, -0.05) is 54.6 Å². The molecular weight excluding hydrogens is 701 g/mol. The smallest absolute Gasteiger partial charge is 0.136 e. The van der Waals surface area contributed by atoms with E-state index in [1.807, 2.05) is 140 Å². The lowest BCUT2D eigenvalue weighted by Gasteiger charge is -2.16. The van der Waals surface area contributed by atoms with Crippen LogP contribution in [-0.2, 0) is 0 Å². The van der Waals surface area contributed by atoms with Crippen LogP contribution in [0.1, 0.15) is 38.9 Å². The Hall–Kier alpha value is -7.88. The first-order valence-corrected chi connectivity index (χ1v) is 18.0. The lowest BCUT2D eigenvalue weighted by Crippen LogP contribution is -2.17. The van der Waals surface area contributed by atoms with Crippen molar-refractivity contribution in [3.8, 4) is 36.4 Å². The van der Waals surface area contributed by atoms with Crippen LogP contribution in [-0.4, -0.2) is 28.2 Å². The van der Waals surface area contributed by atoms with Gasteiger partial charge in [0.2, 0.25) is 0 Å². The number of hydrogen-bond acceptors (Lipinski definition) is 8. The van der Waals surface area contributed by atoms with Crippen LogP contribution in [0.2, 0.25) is 0 Å². The predicted molar refractivity (Wildman–Crippen MR) is 226 cm³/mol. The molecular formula is C49H42N8. The molecule has 5 aromatic carbocycles. The van der Waals surface area contributed by atoms with Crippen LogP contribution in [0.4, 0.5) is 11.4 Å². The van der Waals surface area contributed by atoms with Crippen molar-refractivity contribution in [3.05, 3.63) is 161 Å². The van der Waals surface area contributed by atoms with Crippen molar-refractivity contribution in [2.75, 3.05) is 38.0 Å². The van der Waals surface area contributed by atoms with Crippen LogP contribution in [0.3, 0.4) is 0 Å². The Morgan fingerprint density at radius 2 is 0.807 bits per heavy atom. The van der Waals surface area contributed by atoms with Gasteiger partial charge in [-0.25, -0.2) is 0 Å². The third-order valence-electron chi connectivity index (χ3n) is 9.71. The van der Waals surface area contributed by atoms with E-state index in [2.05, 4.69) is 36.1 Å². The molecule has 8 heteroatoms. The van der Waals surface area contributed by atoms with Crippen LogP contribution in [0.5, 0.6) is 0 Å². The Morgan fingerprint density at radius 1 is 0.404 bits per heavy atom. The van der Waals surface area contributed by atoms with Gasteiger partial charge in [0.25, 0.3) is 0 Å². The highest BCUT2D eigenvalue weighted by Gasteiger charge is 2.10. The minimum atomic E-state index is 0.0688. The maximum absolute atomic E-state index is 9.93. The maximum atomic E-state index is 9.93. The van der Waals surface area contributed by atoms with Crippen molar-refractivity contribution in [2.45, 2.75) is 34.6 Å². The molecule has 0 atom stereocenters. The molecule has 0 unspecified atom stereocenters. The van der Waals surface area contributed by atoms with E-state index < -0.39 is 0 Å². The van der Waals surface area contributed by atoms with Gasteiger partial charge in [0.15, 0.2) is 0 Å². The fourth-order valence-corrected chi connectivity index (χ4v) is 6.85. The molecule has 0 aromatic heterocycles. The van der Waals surface area contributed by atoms with Crippen LogP contribution >= 0.6 is 0 Å². The molecule has 0 aliphatic rings. The highest BCUT2D eigenvalue weighted by atomic mass is 15.1. The molecule has 8 nitrogen and oxygen atoms in total. The van der Waals surface area contributed by atoms with E-state index in [1.165, 1.54) is 0 Å². The summed E-state index contributed by atoms with van der Waals surface area (Å²) in [6.45, 7) is 9.93. The SMILES string of the molecule is Cc1cc(/C(C#N)=c2\cc/c(=c3\ccc(=C(C#N)C#N)cc3C)cc2C)ccc1N(C)C.Cc1cc(/C(C#N)=c2\ccc(=C(C#N)C#N)cc2C)ccc1N(C)C. The van der Waals surface area contributed by atoms with E-state index in [1.54, 1.807) is 24.3 Å². The fourth-order valence-electron chi connectivity index (χ4n) is 6.85. The first-order chi connectivity index (χ1) is 27.2. The highest BCUT2D eigenvalue weighted by molar-refractivity contribution is 5.80. The molecule has 278 valence electrons. The Kier molecular flexibility index (Phi) is 13.5. The monoisotopic (exact) mass is 742 g/mol. The Labute approximate surface area is 334 Å². The summed E-state index contributed by atoms with van der Waals surface area (Å²) in [5.41, 5.74) is 10.5. The molecule has 5 rings (SSSR count). The molecule has 57 heavy (non-hydrogen) atoms. The molecule has 0 amide bonds. The summed E-state index contributed by atoms with van der Waals surface area (Å²) in [6.07, 6.45) is 0. The standard InChI is InChI=1S/C28H24N4.C21H18N4/c1-18-12-21(24(15-29)16-30)6-9-25(18)22-7-10-26(19(2)13-22)27(17-31)23-8-11-28(32(4)5)20(3)14-23;1-14-9-16(18(11-22)12-23)5-7-19(14)20(13-24)17-6-8-21(25(3)4)15(2)10-17/h6-14H,1-5H3;5-10H,1-4H3/b25-22-,27-26+;20-19+. The number of aryl methyl sites for hydroxylation is 5. The van der Waals surface area contributed by atoms with E-state index in [-0.39, 0.29) is 11.1 Å². The highest BCUT2D eigenvalue weighted by Crippen LogP contribution is 2.23. The number of rotatable bonds is 4. The quantitative estimate of drug-likeness (QED) is 0.212. The van der Waals surface area contributed by atoms with Crippen LogP contribution in [0, 0.1) is 113 Å². The van der Waals surface area contributed by atoms with Crippen molar-refractivity contribution in [3.63, 3.8) is 0 Å². The normalized spacial score (nSPS) is 11.6. The Morgan fingerprint density at radius 3 is 1.16 bits per heavy atom. The fraction of sp³-hybridized carbons (Fsp3) is 0.184. The molecule has 0 fully saturated rings. The zero-order chi connectivity index (χ0) is 42.0. The summed E-state index contributed by atoms with van der Waals surface area (Å²) in [7, 11) is 7.98. The molecule has 0 bridgehead atoms. The number of nitrogens with zero attached hydrogens (tertiary/aromatic N) is 8. The summed E-state index contributed by atoms with van der Waals surface area (Å²) in [5, 5.41) is 60.8. The molecule has 0 aliphatic heterocycles. The largest absolute Gasteiger partial charge is 0.377 e. The van der Waals surface area contributed by atoms with Crippen molar-refractivity contribution >= 4 is 33.7 Å². The average Bonchev–Trinajstić information content (AvgIpc) is 3.18. The van der Waals surface area contributed by atoms with Gasteiger partial charge in [0.1, 0.15) is 47.6 Å². The van der Waals surface area contributed by atoms with Crippen LogP contribution in [0.15, 0.2) is 91.0 Å². The lowest BCUT2D eigenvalue weighted by atomic mass is 9.98. The molecule has 0 N–H and O–H groups in total. The van der Waals surface area contributed by atoms with E-state index in [0.29, 0.717) is 21.6 Å². The van der Waals surface area contributed by atoms with Gasteiger partial charge in [-0.3, -0.25) is 0 Å². The van der Waals surface area contributed by atoms with Crippen molar-refractivity contribution < 1.29 is 0 Å². The minimum Gasteiger partial charge on any atom is -0.377 e. The van der Waals surface area contributed by atoms with E-state index in [9.17, 15) is 10.5 Å². The van der Waals surface area contributed by atoms with Crippen LogP contribution < -0.4 is 30.7 Å². The number of nitriles is 6. The molecule has 0 saturated carbocycles. The Balaban J connectivity index is 0.000000261. The summed E-state index contributed by atoms with van der Waals surface area (Å²) in [5.74, 6) is 0. The van der Waals surface area contributed by atoms with Gasteiger partial charge in [0.05, 0.1) is 11.1 Å². The third kappa shape index (κ3) is 9.26. The first kappa shape index (κ1) is 41.9. The van der Waals surface area contributed by atoms with Crippen molar-refractivity contribution in [1.82, 2.24) is 0 Å². The van der Waals surface area contributed by atoms with Crippen molar-refractivity contribution in [2.24, 2.45) is 0 Å². The summed E-state index contributed by atoms with van der Waals surface area (Å²) in [6, 6.07) is 41.4. The topological polar surface area (TPSA) is 149 Å². The molecule has 0 spiro atoms. The molecule has 0 heterocycles. The second-order valence-electron chi connectivity index (χ2n) is 14.1. The maximum Gasteiger partial charge on any atom is 0.136 e. The minimum absolute atomic E-state index is 0.0688. The third-order valence-corrected chi connectivity index (χ3v) is 9.71. The van der Waals surface area contributed by atoms with Gasteiger partial charge in [-0.15, -0.1) is 0 Å². The zero-order valence-electron chi connectivity index (χ0n) is 33.7. The Bertz CT molecular complexity index is 3010. The summed E-state index contributed by atoms with van der Waals surface area (Å²) >= 11 is 0. The van der Waals surface area contributed by atoms with Gasteiger partial charge >= 0.3 is 0 Å². The molecule has 5 aromatic rings. The van der Waals surface area contributed by atoms with Crippen LogP contribution in [0.25, 0.3) is 22.3 Å². The average molecular weight is 743 g/mol. The summed E-state index contributed by atoms with van der Waals surface area (Å²) < 4.78 is 0. The second kappa shape index (κ2) is 18.4. The zero-order valence-corrected chi connectivity index (χ0v) is 33.7. The number of hydrogen-bond donors (Lipinski definition) is 0. The van der Waals surface area contributed by atoms with Gasteiger partial charge in [0, 0.05) is 50.0 Å². The second-order valence-corrected chi connectivity index (χ2v) is 14.1. The van der Waals surface area contributed by atoms with E-state index in [0.717, 1.165) is 71.2 Å². The molecule has 0 aliphatic carbocycles. The van der Waals surface area contributed by atoms with Gasteiger partial charge < -0.3 is 9.80 Å². The molecule has 0 saturated heterocycles. The lowest BCUT2D eigenvalue weighted by molar-refractivity contribution is 1.11. The van der Waals surface area contributed by atoms with Crippen molar-refractivity contribution in [1.29, 1.82) is 31.6 Å².